The lowest BCUT2D eigenvalue weighted by molar-refractivity contribution is 0.889. The SMILES string of the molecule is CCCCSc1nnc(SCCCC)s1. The zero-order valence-corrected chi connectivity index (χ0v) is 11.8. The van der Waals surface area contributed by atoms with Crippen molar-refractivity contribution in [2.75, 3.05) is 11.5 Å². The van der Waals surface area contributed by atoms with E-state index in [2.05, 4.69) is 24.0 Å². The third-order valence-electron chi connectivity index (χ3n) is 1.83. The molecule has 0 radical (unpaired) electrons. The van der Waals surface area contributed by atoms with Crippen molar-refractivity contribution in [1.82, 2.24) is 10.2 Å². The third kappa shape index (κ3) is 5.78. The summed E-state index contributed by atoms with van der Waals surface area (Å²) >= 11 is 5.41. The number of hydrogen-bond donors (Lipinski definition) is 0. The van der Waals surface area contributed by atoms with Gasteiger partial charge in [0.1, 0.15) is 0 Å². The van der Waals surface area contributed by atoms with E-state index in [0.29, 0.717) is 0 Å². The highest BCUT2D eigenvalue weighted by Gasteiger charge is 2.04. The van der Waals surface area contributed by atoms with Crippen LogP contribution in [-0.4, -0.2) is 21.7 Å². The average molecular weight is 262 g/mol. The molecule has 1 rings (SSSR count). The van der Waals surface area contributed by atoms with Crippen LogP contribution in [0.1, 0.15) is 39.5 Å². The van der Waals surface area contributed by atoms with Crippen LogP contribution in [0.4, 0.5) is 0 Å². The third-order valence-corrected chi connectivity index (χ3v) is 5.20. The number of rotatable bonds is 8. The predicted octanol–water partition coefficient (Wildman–Crippen LogP) is 4.32. The van der Waals surface area contributed by atoms with Crippen molar-refractivity contribution in [3.8, 4) is 0 Å². The molecule has 1 aromatic rings. The van der Waals surface area contributed by atoms with E-state index in [1.807, 2.05) is 23.5 Å². The molecular weight excluding hydrogens is 244 g/mol. The molecule has 0 N–H and O–H groups in total. The van der Waals surface area contributed by atoms with Crippen LogP contribution in [0.5, 0.6) is 0 Å². The summed E-state index contributed by atoms with van der Waals surface area (Å²) in [7, 11) is 0. The first-order chi connectivity index (χ1) is 7.36. The van der Waals surface area contributed by atoms with Crippen molar-refractivity contribution in [3.05, 3.63) is 0 Å². The Balaban J connectivity index is 2.23. The Hall–Kier alpha value is 0.260. The van der Waals surface area contributed by atoms with Crippen LogP contribution in [0.2, 0.25) is 0 Å². The minimum atomic E-state index is 1.13. The number of thioether (sulfide) groups is 2. The maximum atomic E-state index is 4.18. The predicted molar refractivity (Wildman–Crippen MR) is 71.2 cm³/mol. The summed E-state index contributed by atoms with van der Waals surface area (Å²) in [4.78, 5) is 0. The molecule has 15 heavy (non-hydrogen) atoms. The highest BCUT2D eigenvalue weighted by molar-refractivity contribution is 8.03. The summed E-state index contributed by atoms with van der Waals surface area (Å²) in [5.41, 5.74) is 0. The van der Waals surface area contributed by atoms with Gasteiger partial charge in [0.2, 0.25) is 0 Å². The van der Waals surface area contributed by atoms with Gasteiger partial charge < -0.3 is 0 Å². The van der Waals surface area contributed by atoms with Gasteiger partial charge in [-0.15, -0.1) is 10.2 Å². The fourth-order valence-corrected chi connectivity index (χ4v) is 4.25. The van der Waals surface area contributed by atoms with Crippen LogP contribution in [0.3, 0.4) is 0 Å². The number of nitrogens with zero attached hydrogens (tertiary/aromatic N) is 2. The van der Waals surface area contributed by atoms with E-state index in [0.717, 1.165) is 8.68 Å². The Morgan fingerprint density at radius 3 is 1.80 bits per heavy atom. The second kappa shape index (κ2) is 8.42. The lowest BCUT2D eigenvalue weighted by atomic mass is 10.4. The maximum Gasteiger partial charge on any atom is 0.175 e. The standard InChI is InChI=1S/C10H18N2S3/c1-3-5-7-13-9-11-12-10(15-9)14-8-6-4-2/h3-8H2,1-2H3. The highest BCUT2D eigenvalue weighted by atomic mass is 32.2. The van der Waals surface area contributed by atoms with Gasteiger partial charge in [0.25, 0.3) is 0 Å². The Labute approximate surface area is 105 Å². The van der Waals surface area contributed by atoms with E-state index < -0.39 is 0 Å². The van der Waals surface area contributed by atoms with E-state index in [1.165, 1.54) is 37.2 Å². The lowest BCUT2D eigenvalue weighted by Gasteiger charge is -1.93. The molecule has 0 atom stereocenters. The number of unbranched alkanes of at least 4 members (excludes halogenated alkanes) is 2. The van der Waals surface area contributed by atoms with Crippen LogP contribution in [-0.2, 0) is 0 Å². The van der Waals surface area contributed by atoms with Crippen LogP contribution in [0.25, 0.3) is 0 Å². The molecule has 1 aromatic heterocycles. The molecule has 0 unspecified atom stereocenters. The van der Waals surface area contributed by atoms with Gasteiger partial charge in [-0.05, 0) is 12.8 Å². The molecule has 1 heterocycles. The van der Waals surface area contributed by atoms with E-state index in [1.54, 1.807) is 11.3 Å². The van der Waals surface area contributed by atoms with E-state index in [-0.39, 0.29) is 0 Å². The topological polar surface area (TPSA) is 25.8 Å². The van der Waals surface area contributed by atoms with Gasteiger partial charge in [-0.2, -0.15) is 0 Å². The lowest BCUT2D eigenvalue weighted by Crippen LogP contribution is -1.78. The molecule has 5 heteroatoms. The minimum absolute atomic E-state index is 1.13. The zero-order chi connectivity index (χ0) is 10.9. The van der Waals surface area contributed by atoms with E-state index in [4.69, 9.17) is 0 Å². The van der Waals surface area contributed by atoms with Gasteiger partial charge in [0.05, 0.1) is 0 Å². The monoisotopic (exact) mass is 262 g/mol. The molecule has 0 bridgehead atoms. The Bertz CT molecular complexity index is 238. The molecule has 0 saturated heterocycles. The van der Waals surface area contributed by atoms with Crippen molar-refractivity contribution in [2.24, 2.45) is 0 Å². The molecule has 0 aliphatic rings. The summed E-state index contributed by atoms with van der Waals surface area (Å²) in [6, 6.07) is 0. The fourth-order valence-electron chi connectivity index (χ4n) is 0.921. The van der Waals surface area contributed by atoms with Gasteiger partial charge in [-0.1, -0.05) is 61.5 Å². The Kier molecular flexibility index (Phi) is 7.48. The normalized spacial score (nSPS) is 10.8. The zero-order valence-electron chi connectivity index (χ0n) is 9.36. The first-order valence-electron chi connectivity index (χ1n) is 5.46. The smallest absolute Gasteiger partial charge is 0.131 e. The maximum absolute atomic E-state index is 4.18. The van der Waals surface area contributed by atoms with E-state index in [9.17, 15) is 0 Å². The Morgan fingerprint density at radius 1 is 0.933 bits per heavy atom. The quantitative estimate of drug-likeness (QED) is 0.514. The van der Waals surface area contributed by atoms with Gasteiger partial charge in [0.15, 0.2) is 8.68 Å². The molecule has 86 valence electrons. The molecule has 0 saturated carbocycles. The van der Waals surface area contributed by atoms with Crippen LogP contribution in [0.15, 0.2) is 8.68 Å². The molecule has 0 aliphatic carbocycles. The molecule has 0 fully saturated rings. The largest absolute Gasteiger partial charge is 0.175 e. The second-order valence-electron chi connectivity index (χ2n) is 3.24. The van der Waals surface area contributed by atoms with Gasteiger partial charge in [-0.25, -0.2) is 0 Å². The van der Waals surface area contributed by atoms with Gasteiger partial charge in [0, 0.05) is 11.5 Å². The van der Waals surface area contributed by atoms with Gasteiger partial charge >= 0.3 is 0 Å². The Morgan fingerprint density at radius 2 is 1.40 bits per heavy atom. The number of hydrogen-bond acceptors (Lipinski definition) is 5. The van der Waals surface area contributed by atoms with Crippen molar-refractivity contribution < 1.29 is 0 Å². The number of aromatic nitrogens is 2. The molecule has 0 aromatic carbocycles. The molecule has 0 amide bonds. The van der Waals surface area contributed by atoms with Crippen molar-refractivity contribution in [2.45, 2.75) is 48.2 Å². The van der Waals surface area contributed by atoms with Crippen molar-refractivity contribution in [1.29, 1.82) is 0 Å². The molecular formula is C10H18N2S3. The van der Waals surface area contributed by atoms with Crippen molar-refractivity contribution >= 4 is 34.9 Å². The summed E-state index contributed by atoms with van der Waals surface area (Å²) in [6.07, 6.45) is 5.04. The fraction of sp³-hybridized carbons (Fsp3) is 0.800. The second-order valence-corrected chi connectivity index (χ2v) is 6.90. The van der Waals surface area contributed by atoms with Crippen LogP contribution < -0.4 is 0 Å². The van der Waals surface area contributed by atoms with Gasteiger partial charge in [-0.3, -0.25) is 0 Å². The minimum Gasteiger partial charge on any atom is -0.131 e. The van der Waals surface area contributed by atoms with Crippen LogP contribution >= 0.6 is 34.9 Å². The molecule has 0 spiro atoms. The highest BCUT2D eigenvalue weighted by Crippen LogP contribution is 2.29. The average Bonchev–Trinajstić information content (AvgIpc) is 2.67. The summed E-state index contributed by atoms with van der Waals surface area (Å²) < 4.78 is 2.25. The van der Waals surface area contributed by atoms with E-state index >= 15 is 0 Å². The first kappa shape index (κ1) is 13.3. The molecule has 0 aliphatic heterocycles. The summed E-state index contributed by atoms with van der Waals surface area (Å²) in [5.74, 6) is 2.34. The van der Waals surface area contributed by atoms with Crippen molar-refractivity contribution in [3.63, 3.8) is 0 Å². The summed E-state index contributed by atoms with van der Waals surface area (Å²) in [5, 5.41) is 8.35. The molecule has 2 nitrogen and oxygen atoms in total. The first-order valence-corrected chi connectivity index (χ1v) is 8.24. The van der Waals surface area contributed by atoms with Crippen LogP contribution in [0, 0.1) is 0 Å². The summed E-state index contributed by atoms with van der Waals surface area (Å²) in [6.45, 7) is 4.43.